The molecule has 1 nitrogen and oxygen atoms in total. The van der Waals surface area contributed by atoms with Crippen LogP contribution in [0.4, 0.5) is 8.78 Å². The van der Waals surface area contributed by atoms with Gasteiger partial charge in [-0.15, -0.1) is 0 Å². The summed E-state index contributed by atoms with van der Waals surface area (Å²) in [5.41, 5.74) is -1.09. The van der Waals surface area contributed by atoms with Gasteiger partial charge in [-0.25, -0.2) is 0 Å². The minimum absolute atomic E-state index is 0.423. The van der Waals surface area contributed by atoms with Crippen molar-refractivity contribution in [1.82, 2.24) is 0 Å². The topological polar surface area (TPSA) is 20.2 Å². The standard InChI is InChI=1S/C7H12Br2F2O/c1-3-6(2,12)5(8)4-7(9,10)11/h5,12H,3-4H2,1-2H3. The zero-order chi connectivity index (χ0) is 9.99. The molecule has 0 fully saturated rings. The highest BCUT2D eigenvalue weighted by molar-refractivity contribution is 9.10. The van der Waals surface area contributed by atoms with Crippen molar-refractivity contribution >= 4 is 31.9 Å². The van der Waals surface area contributed by atoms with Crippen molar-refractivity contribution in [3.63, 3.8) is 0 Å². The molecule has 0 aliphatic rings. The Hall–Kier alpha value is 0.780. The van der Waals surface area contributed by atoms with Crippen LogP contribution in [0.3, 0.4) is 0 Å². The van der Waals surface area contributed by atoms with E-state index in [1.165, 1.54) is 6.92 Å². The molecule has 0 rings (SSSR count). The molecule has 12 heavy (non-hydrogen) atoms. The normalized spacial score (nSPS) is 20.2. The Morgan fingerprint density at radius 3 is 2.17 bits per heavy atom. The maximum atomic E-state index is 12.4. The van der Waals surface area contributed by atoms with Crippen LogP contribution >= 0.6 is 31.9 Å². The highest BCUT2D eigenvalue weighted by Crippen LogP contribution is 2.35. The molecule has 5 heteroatoms. The van der Waals surface area contributed by atoms with Crippen LogP contribution in [0.25, 0.3) is 0 Å². The molecule has 0 aromatic rings. The van der Waals surface area contributed by atoms with Gasteiger partial charge in [0.2, 0.25) is 0 Å². The van der Waals surface area contributed by atoms with Crippen LogP contribution in [0.15, 0.2) is 0 Å². The zero-order valence-electron chi connectivity index (χ0n) is 6.95. The van der Waals surface area contributed by atoms with Crippen LogP contribution in [-0.2, 0) is 0 Å². The number of hydrogen-bond acceptors (Lipinski definition) is 1. The van der Waals surface area contributed by atoms with E-state index in [2.05, 4.69) is 31.9 Å². The third kappa shape index (κ3) is 4.72. The number of alkyl halides is 4. The van der Waals surface area contributed by atoms with Gasteiger partial charge < -0.3 is 5.11 Å². The van der Waals surface area contributed by atoms with Crippen LogP contribution in [0, 0.1) is 0 Å². The average Bonchev–Trinajstić information content (AvgIpc) is 1.84. The van der Waals surface area contributed by atoms with Gasteiger partial charge in [0.15, 0.2) is 0 Å². The predicted octanol–water partition coefficient (Wildman–Crippen LogP) is 3.29. The highest BCUT2D eigenvalue weighted by atomic mass is 79.9. The van der Waals surface area contributed by atoms with Crippen molar-refractivity contribution in [3.8, 4) is 0 Å². The van der Waals surface area contributed by atoms with Gasteiger partial charge in [-0.1, -0.05) is 22.9 Å². The smallest absolute Gasteiger partial charge is 0.302 e. The molecule has 0 saturated heterocycles. The van der Waals surface area contributed by atoms with E-state index in [-0.39, 0.29) is 0 Å². The van der Waals surface area contributed by atoms with E-state index < -0.39 is 21.7 Å². The highest BCUT2D eigenvalue weighted by Gasteiger charge is 2.36. The number of halogens is 4. The van der Waals surface area contributed by atoms with E-state index in [0.717, 1.165) is 0 Å². The first-order chi connectivity index (χ1) is 5.19. The molecule has 0 aromatic heterocycles. The molecular formula is C7H12Br2F2O. The van der Waals surface area contributed by atoms with Gasteiger partial charge in [0.25, 0.3) is 0 Å². The van der Waals surface area contributed by atoms with E-state index in [4.69, 9.17) is 0 Å². The fraction of sp³-hybridized carbons (Fsp3) is 1.00. The van der Waals surface area contributed by atoms with Crippen LogP contribution in [0.5, 0.6) is 0 Å². The Balaban J connectivity index is 4.13. The lowest BCUT2D eigenvalue weighted by molar-refractivity contribution is 0.0229. The van der Waals surface area contributed by atoms with Crippen LogP contribution in [0.2, 0.25) is 0 Å². The maximum absolute atomic E-state index is 12.4. The molecule has 0 saturated carbocycles. The summed E-state index contributed by atoms with van der Waals surface area (Å²) >= 11 is 5.26. The van der Waals surface area contributed by atoms with Gasteiger partial charge in [-0.2, -0.15) is 8.78 Å². The maximum Gasteiger partial charge on any atom is 0.302 e. The average molecular weight is 310 g/mol. The molecule has 0 spiro atoms. The quantitative estimate of drug-likeness (QED) is 0.790. The summed E-state index contributed by atoms with van der Waals surface area (Å²) < 4.78 is 24.8. The van der Waals surface area contributed by atoms with Crippen molar-refractivity contribution in [2.45, 2.75) is 41.9 Å². The lowest BCUT2D eigenvalue weighted by Gasteiger charge is -2.28. The van der Waals surface area contributed by atoms with Gasteiger partial charge in [0.05, 0.1) is 5.60 Å². The summed E-state index contributed by atoms with van der Waals surface area (Å²) in [5.74, 6) is 0. The number of aliphatic hydroxyl groups is 1. The SMILES string of the molecule is CCC(C)(O)C(Br)CC(F)(F)Br. The molecule has 1 N–H and O–H groups in total. The van der Waals surface area contributed by atoms with E-state index in [0.29, 0.717) is 6.42 Å². The second-order valence-corrected chi connectivity index (χ2v) is 5.26. The van der Waals surface area contributed by atoms with Gasteiger partial charge in [-0.05, 0) is 29.3 Å². The first-order valence-electron chi connectivity index (χ1n) is 3.62. The van der Waals surface area contributed by atoms with Crippen molar-refractivity contribution in [3.05, 3.63) is 0 Å². The molecule has 2 atom stereocenters. The fourth-order valence-electron chi connectivity index (χ4n) is 0.645. The monoisotopic (exact) mass is 308 g/mol. The first kappa shape index (κ1) is 12.8. The van der Waals surface area contributed by atoms with Crippen molar-refractivity contribution in [1.29, 1.82) is 0 Å². The molecular weight excluding hydrogens is 298 g/mol. The van der Waals surface area contributed by atoms with Gasteiger partial charge >= 0.3 is 4.83 Å². The Morgan fingerprint density at radius 2 is 1.92 bits per heavy atom. The van der Waals surface area contributed by atoms with Crippen LogP contribution in [0.1, 0.15) is 26.7 Å². The molecule has 0 amide bonds. The summed E-state index contributed by atoms with van der Waals surface area (Å²) in [4.78, 5) is -3.52. The number of rotatable bonds is 4. The summed E-state index contributed by atoms with van der Waals surface area (Å²) in [6.45, 7) is 3.28. The van der Waals surface area contributed by atoms with Crippen molar-refractivity contribution in [2.75, 3.05) is 0 Å². The lowest BCUT2D eigenvalue weighted by Crippen LogP contribution is -2.37. The summed E-state index contributed by atoms with van der Waals surface area (Å²) in [5, 5.41) is 9.55. The minimum Gasteiger partial charge on any atom is -0.389 e. The van der Waals surface area contributed by atoms with Crippen LogP contribution in [-0.4, -0.2) is 20.4 Å². The third-order valence-corrected chi connectivity index (χ3v) is 3.44. The Morgan fingerprint density at radius 1 is 1.50 bits per heavy atom. The molecule has 0 aromatic carbocycles. The zero-order valence-corrected chi connectivity index (χ0v) is 10.1. The molecule has 2 unspecified atom stereocenters. The molecule has 0 aliphatic carbocycles. The molecule has 0 bridgehead atoms. The van der Waals surface area contributed by atoms with Crippen molar-refractivity contribution < 1.29 is 13.9 Å². The van der Waals surface area contributed by atoms with Gasteiger partial charge in [0, 0.05) is 11.2 Å². The second-order valence-electron chi connectivity index (χ2n) is 3.00. The largest absolute Gasteiger partial charge is 0.389 e. The second kappa shape index (κ2) is 4.33. The van der Waals surface area contributed by atoms with Crippen molar-refractivity contribution in [2.24, 2.45) is 0 Å². The molecule has 0 heterocycles. The lowest BCUT2D eigenvalue weighted by atomic mass is 9.97. The third-order valence-electron chi connectivity index (χ3n) is 1.80. The van der Waals surface area contributed by atoms with E-state index in [9.17, 15) is 13.9 Å². The Labute approximate surface area is 87.8 Å². The molecule has 0 aliphatic heterocycles. The van der Waals surface area contributed by atoms with Gasteiger partial charge in [-0.3, -0.25) is 0 Å². The summed E-state index contributed by atoms with van der Waals surface area (Å²) in [6.07, 6.45) is 0.0137. The van der Waals surface area contributed by atoms with E-state index in [1.807, 2.05) is 0 Å². The van der Waals surface area contributed by atoms with E-state index >= 15 is 0 Å². The Bertz CT molecular complexity index is 145. The predicted molar refractivity (Wildman–Crippen MR) is 52.1 cm³/mol. The molecule has 74 valence electrons. The minimum atomic E-state index is -2.92. The first-order valence-corrected chi connectivity index (χ1v) is 5.33. The van der Waals surface area contributed by atoms with Crippen LogP contribution < -0.4 is 0 Å². The summed E-state index contributed by atoms with van der Waals surface area (Å²) in [7, 11) is 0. The van der Waals surface area contributed by atoms with E-state index in [1.54, 1.807) is 6.92 Å². The van der Waals surface area contributed by atoms with Gasteiger partial charge in [0.1, 0.15) is 0 Å². The summed E-state index contributed by atoms with van der Waals surface area (Å²) in [6, 6.07) is 0. The number of hydrogen-bond donors (Lipinski definition) is 1. The Kier molecular flexibility index (Phi) is 4.61. The molecule has 0 radical (unpaired) electrons. The fourth-order valence-corrected chi connectivity index (χ4v) is 2.13.